The summed E-state index contributed by atoms with van der Waals surface area (Å²) in [5.41, 5.74) is 2.64. The lowest BCUT2D eigenvalue weighted by atomic mass is 9.87. The zero-order chi connectivity index (χ0) is 25.0. The average Bonchev–Trinajstić information content (AvgIpc) is 2.88. The van der Waals surface area contributed by atoms with Crippen molar-refractivity contribution in [2.45, 2.75) is 17.4 Å². The molecule has 0 amide bonds. The number of hydrogen-bond acceptors (Lipinski definition) is 7. The van der Waals surface area contributed by atoms with Crippen LogP contribution in [-0.4, -0.2) is 93.6 Å². The van der Waals surface area contributed by atoms with Crippen molar-refractivity contribution in [3.8, 4) is 0 Å². The summed E-state index contributed by atoms with van der Waals surface area (Å²) >= 11 is 0. The van der Waals surface area contributed by atoms with E-state index in [4.69, 9.17) is 4.74 Å². The van der Waals surface area contributed by atoms with E-state index in [0.717, 1.165) is 18.8 Å². The van der Waals surface area contributed by atoms with Crippen LogP contribution in [0.2, 0.25) is 0 Å². The van der Waals surface area contributed by atoms with Gasteiger partial charge in [-0.25, -0.2) is 8.42 Å². The van der Waals surface area contributed by atoms with Crippen molar-refractivity contribution in [2.75, 3.05) is 63.9 Å². The summed E-state index contributed by atoms with van der Waals surface area (Å²) in [5, 5.41) is 10.4. The van der Waals surface area contributed by atoms with Crippen molar-refractivity contribution in [3.05, 3.63) is 72.4 Å². The lowest BCUT2D eigenvalue weighted by Gasteiger charge is -2.34. The first-order chi connectivity index (χ1) is 16.8. The molecule has 35 heavy (non-hydrogen) atoms. The van der Waals surface area contributed by atoms with Gasteiger partial charge in [0.25, 0.3) is 0 Å². The number of benzene rings is 1. The molecule has 0 radical (unpaired) electrons. The molecule has 0 bridgehead atoms. The summed E-state index contributed by atoms with van der Waals surface area (Å²) in [6.45, 7) is 12.2. The average molecular weight is 500 g/mol. The van der Waals surface area contributed by atoms with E-state index in [1.807, 2.05) is 17.0 Å². The number of carbonyl (C=O) groups excluding carboxylic acids is 1. The molecule has 1 unspecified atom stereocenters. The molecule has 2 saturated heterocycles. The van der Waals surface area contributed by atoms with Crippen molar-refractivity contribution in [3.63, 3.8) is 0 Å². The first-order valence-corrected chi connectivity index (χ1v) is 13.3. The van der Waals surface area contributed by atoms with Crippen molar-refractivity contribution in [2.24, 2.45) is 0 Å². The van der Waals surface area contributed by atoms with Gasteiger partial charge in [0.1, 0.15) is 6.10 Å². The number of rotatable bonds is 8. The van der Waals surface area contributed by atoms with Crippen LogP contribution >= 0.6 is 0 Å². The standard InChI is InChI=1S/C26H33N3O5S/c1-3-4-24-23(10-5-20(2)26(24)31)25(30)19-27-11-13-29(14-12-27)35(32,33)22-8-6-21(7-9-22)28-15-17-34-18-16-28/h3,5-10,26,31H,1-2,4,11-19H2. The third-order valence-electron chi connectivity index (χ3n) is 6.71. The highest BCUT2D eigenvalue weighted by molar-refractivity contribution is 7.89. The van der Waals surface area contributed by atoms with Crippen LogP contribution in [0.15, 0.2) is 77.3 Å². The fourth-order valence-corrected chi connectivity index (χ4v) is 6.05. The molecule has 2 fully saturated rings. The fraction of sp³-hybridized carbons (Fsp3) is 0.423. The van der Waals surface area contributed by atoms with Gasteiger partial charge in [-0.05, 0) is 41.8 Å². The first-order valence-electron chi connectivity index (χ1n) is 11.9. The highest BCUT2D eigenvalue weighted by atomic mass is 32.2. The number of nitrogens with zero attached hydrogens (tertiary/aromatic N) is 3. The van der Waals surface area contributed by atoms with Crippen molar-refractivity contribution < 1.29 is 23.1 Å². The van der Waals surface area contributed by atoms with Gasteiger partial charge in [-0.15, -0.1) is 6.58 Å². The maximum Gasteiger partial charge on any atom is 0.243 e. The van der Waals surface area contributed by atoms with E-state index in [1.54, 1.807) is 30.4 Å². The zero-order valence-corrected chi connectivity index (χ0v) is 20.8. The molecular formula is C26H33N3O5S. The lowest BCUT2D eigenvalue weighted by molar-refractivity contribution is -0.116. The molecule has 2 heterocycles. The number of allylic oxidation sites excluding steroid dienone is 2. The second-order valence-corrected chi connectivity index (χ2v) is 10.9. The minimum atomic E-state index is -3.61. The van der Waals surface area contributed by atoms with Gasteiger partial charge >= 0.3 is 0 Å². The zero-order valence-electron chi connectivity index (χ0n) is 19.9. The Labute approximate surface area is 207 Å². The van der Waals surface area contributed by atoms with Crippen LogP contribution < -0.4 is 4.90 Å². The molecule has 0 spiro atoms. The molecule has 8 nitrogen and oxygen atoms in total. The normalized spacial score (nSPS) is 22.5. The maximum atomic E-state index is 13.2. The molecule has 1 aromatic rings. The highest BCUT2D eigenvalue weighted by Crippen LogP contribution is 2.27. The quantitative estimate of drug-likeness (QED) is 0.545. The minimum absolute atomic E-state index is 0.0975. The summed E-state index contributed by atoms with van der Waals surface area (Å²) in [6.07, 6.45) is 4.56. The van der Waals surface area contributed by atoms with E-state index in [0.29, 0.717) is 62.5 Å². The van der Waals surface area contributed by atoms with Gasteiger partial charge in [-0.3, -0.25) is 9.69 Å². The van der Waals surface area contributed by atoms with Crippen LogP contribution in [0, 0.1) is 0 Å². The number of morpholine rings is 1. The predicted molar refractivity (Wildman–Crippen MR) is 136 cm³/mol. The van der Waals surface area contributed by atoms with Crippen LogP contribution in [0.3, 0.4) is 0 Å². The maximum absolute atomic E-state index is 13.2. The number of carbonyl (C=O) groups is 1. The van der Waals surface area contributed by atoms with Crippen molar-refractivity contribution >= 4 is 21.5 Å². The molecule has 1 aliphatic carbocycles. The fourth-order valence-electron chi connectivity index (χ4n) is 4.62. The summed E-state index contributed by atoms with van der Waals surface area (Å²) in [4.78, 5) is 17.4. The van der Waals surface area contributed by atoms with Crippen LogP contribution in [-0.2, 0) is 19.6 Å². The summed E-state index contributed by atoms with van der Waals surface area (Å²) in [5.74, 6) is -0.0975. The molecule has 1 atom stereocenters. The second-order valence-electron chi connectivity index (χ2n) is 8.94. The lowest BCUT2D eigenvalue weighted by Crippen LogP contribution is -2.50. The van der Waals surface area contributed by atoms with Crippen LogP contribution in [0.25, 0.3) is 0 Å². The third kappa shape index (κ3) is 5.65. The molecule has 3 aliphatic rings. The van der Waals surface area contributed by atoms with E-state index in [1.165, 1.54) is 4.31 Å². The van der Waals surface area contributed by atoms with Crippen LogP contribution in [0.5, 0.6) is 0 Å². The number of sulfonamides is 1. The van der Waals surface area contributed by atoms with E-state index < -0.39 is 16.1 Å². The third-order valence-corrected chi connectivity index (χ3v) is 8.62. The molecular weight excluding hydrogens is 466 g/mol. The molecule has 0 aromatic heterocycles. The van der Waals surface area contributed by atoms with Gasteiger partial charge in [0.15, 0.2) is 5.78 Å². The van der Waals surface area contributed by atoms with E-state index in [9.17, 15) is 18.3 Å². The van der Waals surface area contributed by atoms with Gasteiger partial charge < -0.3 is 14.7 Å². The largest absolute Gasteiger partial charge is 0.384 e. The second kappa shape index (κ2) is 11.0. The SMILES string of the molecule is C=CCC1=C(C(=O)CN2CCN(S(=O)(=O)c3ccc(N4CCOCC4)cc3)CC2)C=CC(=C)C1O. The van der Waals surface area contributed by atoms with Gasteiger partial charge in [0.05, 0.1) is 24.7 Å². The van der Waals surface area contributed by atoms with Gasteiger partial charge in [-0.1, -0.05) is 24.8 Å². The molecule has 1 aromatic carbocycles. The Morgan fingerprint density at radius 2 is 1.71 bits per heavy atom. The molecule has 0 saturated carbocycles. The Hall–Kier alpha value is -2.56. The molecule has 9 heteroatoms. The first kappa shape index (κ1) is 25.5. The molecule has 1 N–H and O–H groups in total. The number of anilines is 1. The number of aliphatic hydroxyl groups excluding tert-OH is 1. The highest BCUT2D eigenvalue weighted by Gasteiger charge is 2.30. The van der Waals surface area contributed by atoms with Crippen molar-refractivity contribution in [1.29, 1.82) is 0 Å². The molecule has 2 aliphatic heterocycles. The predicted octanol–water partition coefficient (Wildman–Crippen LogP) is 1.76. The Kier molecular flexibility index (Phi) is 8.03. The van der Waals surface area contributed by atoms with Crippen LogP contribution in [0.4, 0.5) is 5.69 Å². The monoisotopic (exact) mass is 499 g/mol. The number of ketones is 1. The van der Waals surface area contributed by atoms with Crippen LogP contribution in [0.1, 0.15) is 6.42 Å². The molecule has 188 valence electrons. The van der Waals surface area contributed by atoms with Gasteiger partial charge in [0, 0.05) is 50.5 Å². The Morgan fingerprint density at radius 3 is 2.34 bits per heavy atom. The van der Waals surface area contributed by atoms with E-state index in [-0.39, 0.29) is 17.2 Å². The summed E-state index contributed by atoms with van der Waals surface area (Å²) in [6, 6.07) is 7.03. The number of piperazine rings is 1. The number of aliphatic hydroxyl groups is 1. The smallest absolute Gasteiger partial charge is 0.243 e. The number of ether oxygens (including phenoxy) is 1. The summed E-state index contributed by atoms with van der Waals surface area (Å²) < 4.78 is 33.2. The van der Waals surface area contributed by atoms with Gasteiger partial charge in [-0.2, -0.15) is 4.31 Å². The molecule has 4 rings (SSSR count). The summed E-state index contributed by atoms with van der Waals surface area (Å²) in [7, 11) is -3.61. The van der Waals surface area contributed by atoms with Gasteiger partial charge in [0.2, 0.25) is 10.0 Å². The van der Waals surface area contributed by atoms with E-state index >= 15 is 0 Å². The Morgan fingerprint density at radius 1 is 1.06 bits per heavy atom. The Bertz CT molecular complexity index is 1130. The number of hydrogen-bond donors (Lipinski definition) is 1. The topological polar surface area (TPSA) is 90.4 Å². The number of Topliss-reactive ketones (excluding diaryl/α,β-unsaturated/α-hetero) is 1. The Balaban J connectivity index is 1.36. The minimum Gasteiger partial charge on any atom is -0.384 e. The van der Waals surface area contributed by atoms with Crippen molar-refractivity contribution in [1.82, 2.24) is 9.21 Å². The van der Waals surface area contributed by atoms with E-state index in [2.05, 4.69) is 18.1 Å².